The van der Waals surface area contributed by atoms with Crippen molar-refractivity contribution in [3.63, 3.8) is 0 Å². The summed E-state index contributed by atoms with van der Waals surface area (Å²) < 4.78 is 1.23. The Morgan fingerprint density at radius 1 is 1.12 bits per heavy atom. The first kappa shape index (κ1) is 16.1. The van der Waals surface area contributed by atoms with Crippen molar-refractivity contribution in [1.29, 1.82) is 0 Å². The van der Waals surface area contributed by atoms with Gasteiger partial charge in [0.05, 0.1) is 15.9 Å². The Kier molecular flexibility index (Phi) is 4.08. The molecule has 0 spiro atoms. The van der Waals surface area contributed by atoms with Crippen molar-refractivity contribution < 1.29 is 0 Å². The zero-order valence-corrected chi connectivity index (χ0v) is 16.0. The number of H-pyrrole nitrogens is 2. The molecule has 26 heavy (non-hydrogen) atoms. The van der Waals surface area contributed by atoms with Crippen molar-refractivity contribution in [2.24, 2.45) is 5.92 Å². The average Bonchev–Trinajstić information content (AvgIpc) is 3.38. The Balaban J connectivity index is 1.52. The van der Waals surface area contributed by atoms with E-state index in [9.17, 15) is 0 Å². The third-order valence-electron chi connectivity index (χ3n) is 6.16. The number of hydrogen-bond acceptors (Lipinski definition) is 2. The standard InChI is InChI=1S/C22H25N3S/c1-2-17(14-6-4-3-5-7-14)15-8-9-18-16(12-15)13-20(23-18)21-22-19(24-25-21)10-11-26-22/h8-14,17,23H,2-7H2,1H3,(H,24,25). The van der Waals surface area contributed by atoms with Gasteiger partial charge in [-0.25, -0.2) is 0 Å². The van der Waals surface area contributed by atoms with E-state index in [4.69, 9.17) is 0 Å². The van der Waals surface area contributed by atoms with Gasteiger partial charge in [-0.05, 0) is 66.3 Å². The Labute approximate surface area is 157 Å². The predicted octanol–water partition coefficient (Wildman–Crippen LogP) is 6.85. The van der Waals surface area contributed by atoms with Crippen molar-refractivity contribution >= 4 is 32.5 Å². The highest BCUT2D eigenvalue weighted by atomic mass is 32.1. The Morgan fingerprint density at radius 3 is 2.85 bits per heavy atom. The zero-order chi connectivity index (χ0) is 17.5. The van der Waals surface area contributed by atoms with Crippen LogP contribution in [-0.2, 0) is 0 Å². The number of benzene rings is 1. The first-order valence-electron chi connectivity index (χ1n) is 9.88. The highest BCUT2D eigenvalue weighted by molar-refractivity contribution is 7.17. The van der Waals surface area contributed by atoms with Crippen LogP contribution in [0.2, 0.25) is 0 Å². The molecule has 1 fully saturated rings. The van der Waals surface area contributed by atoms with Gasteiger partial charge < -0.3 is 4.98 Å². The van der Waals surface area contributed by atoms with Gasteiger partial charge in [0.2, 0.25) is 0 Å². The van der Waals surface area contributed by atoms with Gasteiger partial charge in [-0.3, -0.25) is 5.10 Å². The molecule has 3 aromatic heterocycles. The van der Waals surface area contributed by atoms with Gasteiger partial charge in [0.15, 0.2) is 0 Å². The third-order valence-corrected chi connectivity index (χ3v) is 7.08. The van der Waals surface area contributed by atoms with Crippen LogP contribution in [0, 0.1) is 5.92 Å². The molecule has 134 valence electrons. The van der Waals surface area contributed by atoms with Crippen molar-refractivity contribution in [3.8, 4) is 11.4 Å². The van der Waals surface area contributed by atoms with E-state index in [1.807, 2.05) is 0 Å². The van der Waals surface area contributed by atoms with Gasteiger partial charge in [0, 0.05) is 10.9 Å². The Morgan fingerprint density at radius 2 is 2.00 bits per heavy atom. The van der Waals surface area contributed by atoms with Crippen molar-refractivity contribution in [1.82, 2.24) is 15.2 Å². The molecule has 2 N–H and O–H groups in total. The minimum atomic E-state index is 0.701. The van der Waals surface area contributed by atoms with Crippen molar-refractivity contribution in [3.05, 3.63) is 41.3 Å². The van der Waals surface area contributed by atoms with Crippen LogP contribution in [-0.4, -0.2) is 15.2 Å². The highest BCUT2D eigenvalue weighted by Crippen LogP contribution is 2.39. The number of aromatic amines is 2. The van der Waals surface area contributed by atoms with Gasteiger partial charge in [-0.15, -0.1) is 11.3 Å². The summed E-state index contributed by atoms with van der Waals surface area (Å²) in [4.78, 5) is 3.57. The molecule has 5 rings (SSSR count). The van der Waals surface area contributed by atoms with E-state index in [2.05, 4.69) is 57.8 Å². The fraction of sp³-hybridized carbons (Fsp3) is 0.409. The van der Waals surface area contributed by atoms with E-state index in [1.54, 1.807) is 11.3 Å². The molecule has 0 amide bonds. The highest BCUT2D eigenvalue weighted by Gasteiger charge is 2.24. The lowest BCUT2D eigenvalue weighted by atomic mass is 9.75. The Hall–Kier alpha value is -2.07. The van der Waals surface area contributed by atoms with Gasteiger partial charge in [0.1, 0.15) is 5.69 Å². The number of fused-ring (bicyclic) bond motifs is 2. The third kappa shape index (κ3) is 2.67. The summed E-state index contributed by atoms with van der Waals surface area (Å²) in [7, 11) is 0. The van der Waals surface area contributed by atoms with Crippen LogP contribution >= 0.6 is 11.3 Å². The molecule has 1 saturated carbocycles. The van der Waals surface area contributed by atoms with Crippen LogP contribution in [0.3, 0.4) is 0 Å². The molecule has 3 nitrogen and oxygen atoms in total. The van der Waals surface area contributed by atoms with Gasteiger partial charge in [-0.2, -0.15) is 5.10 Å². The minimum Gasteiger partial charge on any atom is -0.353 e. The molecule has 0 bridgehead atoms. The summed E-state index contributed by atoms with van der Waals surface area (Å²) in [6, 6.07) is 11.4. The fourth-order valence-corrected chi connectivity index (χ4v) is 5.67. The summed E-state index contributed by atoms with van der Waals surface area (Å²) in [6.07, 6.45) is 8.29. The maximum atomic E-state index is 4.52. The van der Waals surface area contributed by atoms with E-state index >= 15 is 0 Å². The molecule has 0 aliphatic heterocycles. The number of nitrogens with zero attached hydrogens (tertiary/aromatic N) is 1. The molecule has 4 aromatic rings. The summed E-state index contributed by atoms with van der Waals surface area (Å²) in [5.41, 5.74) is 5.98. The van der Waals surface area contributed by atoms with E-state index in [0.717, 1.165) is 22.8 Å². The molecule has 4 heteroatoms. The van der Waals surface area contributed by atoms with E-state index in [1.165, 1.54) is 59.7 Å². The van der Waals surface area contributed by atoms with Crippen LogP contribution in [0.25, 0.3) is 32.5 Å². The molecule has 3 heterocycles. The van der Waals surface area contributed by atoms with E-state index in [-0.39, 0.29) is 0 Å². The van der Waals surface area contributed by atoms with Gasteiger partial charge >= 0.3 is 0 Å². The number of aromatic nitrogens is 3. The predicted molar refractivity (Wildman–Crippen MR) is 111 cm³/mol. The number of nitrogens with one attached hydrogen (secondary N) is 2. The number of hydrogen-bond donors (Lipinski definition) is 2. The lowest BCUT2D eigenvalue weighted by Gasteiger charge is -2.30. The molecule has 1 unspecified atom stereocenters. The maximum absolute atomic E-state index is 4.52. The topological polar surface area (TPSA) is 44.5 Å². The summed E-state index contributed by atoms with van der Waals surface area (Å²) in [6.45, 7) is 2.35. The number of rotatable bonds is 4. The molecular weight excluding hydrogens is 338 g/mol. The zero-order valence-electron chi connectivity index (χ0n) is 15.2. The Bertz CT molecular complexity index is 1030. The fourth-order valence-electron chi connectivity index (χ4n) is 4.82. The van der Waals surface area contributed by atoms with Gasteiger partial charge in [-0.1, -0.05) is 32.3 Å². The van der Waals surface area contributed by atoms with Crippen molar-refractivity contribution in [2.45, 2.75) is 51.4 Å². The van der Waals surface area contributed by atoms with Crippen LogP contribution < -0.4 is 0 Å². The molecule has 1 atom stereocenters. The normalized spacial score (nSPS) is 17.3. The molecule has 1 aliphatic rings. The quantitative estimate of drug-likeness (QED) is 0.409. The molecule has 0 saturated heterocycles. The molecular formula is C22H25N3S. The van der Waals surface area contributed by atoms with Crippen LogP contribution in [0.5, 0.6) is 0 Å². The van der Waals surface area contributed by atoms with E-state index in [0.29, 0.717) is 5.92 Å². The second kappa shape index (κ2) is 6.58. The second-order valence-electron chi connectivity index (χ2n) is 7.68. The summed E-state index contributed by atoms with van der Waals surface area (Å²) >= 11 is 1.74. The average molecular weight is 364 g/mol. The largest absolute Gasteiger partial charge is 0.353 e. The molecule has 1 aliphatic carbocycles. The lowest BCUT2D eigenvalue weighted by molar-refractivity contribution is 0.299. The lowest BCUT2D eigenvalue weighted by Crippen LogP contribution is -2.15. The van der Waals surface area contributed by atoms with E-state index < -0.39 is 0 Å². The second-order valence-corrected chi connectivity index (χ2v) is 8.59. The SMILES string of the molecule is CCC(c1ccc2[nH]c(-c3n[nH]c4ccsc34)cc2c1)C1CCCCC1. The van der Waals surface area contributed by atoms with Crippen LogP contribution in [0.4, 0.5) is 0 Å². The van der Waals surface area contributed by atoms with Crippen molar-refractivity contribution in [2.75, 3.05) is 0 Å². The maximum Gasteiger partial charge on any atom is 0.126 e. The smallest absolute Gasteiger partial charge is 0.126 e. The summed E-state index contributed by atoms with van der Waals surface area (Å²) in [5, 5.41) is 11.1. The molecule has 1 aromatic carbocycles. The summed E-state index contributed by atoms with van der Waals surface area (Å²) in [5.74, 6) is 1.56. The minimum absolute atomic E-state index is 0.701. The van der Waals surface area contributed by atoms with Gasteiger partial charge in [0.25, 0.3) is 0 Å². The monoisotopic (exact) mass is 363 g/mol. The first-order valence-corrected chi connectivity index (χ1v) is 10.8. The molecule has 0 radical (unpaired) electrons. The first-order chi connectivity index (χ1) is 12.8. The van der Waals surface area contributed by atoms with Crippen LogP contribution in [0.15, 0.2) is 35.7 Å². The van der Waals surface area contributed by atoms with Crippen LogP contribution in [0.1, 0.15) is 56.9 Å². The number of thiophene rings is 1.